The van der Waals surface area contributed by atoms with Crippen LogP contribution in [0.25, 0.3) is 0 Å². The van der Waals surface area contributed by atoms with E-state index in [2.05, 4.69) is 15.2 Å². The first kappa shape index (κ1) is 12.8. The van der Waals surface area contributed by atoms with E-state index in [0.717, 1.165) is 12.1 Å². The molecule has 19 heavy (non-hydrogen) atoms. The fourth-order valence-electron chi connectivity index (χ4n) is 1.31. The van der Waals surface area contributed by atoms with E-state index in [1.165, 1.54) is 24.5 Å². The third kappa shape index (κ3) is 2.63. The van der Waals surface area contributed by atoms with Crippen LogP contribution >= 0.6 is 0 Å². The predicted octanol–water partition coefficient (Wildman–Crippen LogP) is 0.683. The van der Waals surface area contributed by atoms with Gasteiger partial charge in [-0.25, -0.2) is 22.5 Å². The molecule has 1 aromatic carbocycles. The summed E-state index contributed by atoms with van der Waals surface area (Å²) in [6.45, 7) is 0. The SMILES string of the molecule is N#Cc1c(F)cccc1S(=O)(=O)Nc1nccnn1. The summed E-state index contributed by atoms with van der Waals surface area (Å²) < 4.78 is 39.4. The Morgan fingerprint density at radius 3 is 2.74 bits per heavy atom. The second kappa shape index (κ2) is 4.95. The van der Waals surface area contributed by atoms with Crippen molar-refractivity contribution in [2.75, 3.05) is 4.72 Å². The van der Waals surface area contributed by atoms with Crippen LogP contribution in [0.2, 0.25) is 0 Å². The van der Waals surface area contributed by atoms with Gasteiger partial charge in [-0.2, -0.15) is 10.4 Å². The summed E-state index contributed by atoms with van der Waals surface area (Å²) in [4.78, 5) is 3.14. The molecule has 96 valence electrons. The number of nitrogens with zero attached hydrogens (tertiary/aromatic N) is 4. The Balaban J connectivity index is 2.47. The molecule has 0 aliphatic heterocycles. The Morgan fingerprint density at radius 2 is 2.11 bits per heavy atom. The van der Waals surface area contributed by atoms with Crippen LogP contribution in [-0.2, 0) is 10.0 Å². The van der Waals surface area contributed by atoms with Gasteiger partial charge in [-0.3, -0.25) is 0 Å². The Hall–Kier alpha value is -2.60. The van der Waals surface area contributed by atoms with E-state index < -0.39 is 26.3 Å². The van der Waals surface area contributed by atoms with Crippen molar-refractivity contribution in [3.8, 4) is 6.07 Å². The number of nitrogens with one attached hydrogen (secondary N) is 1. The Labute approximate surface area is 107 Å². The molecular formula is C10H6FN5O2S. The average molecular weight is 279 g/mol. The smallest absolute Gasteiger partial charge is 0.246 e. The van der Waals surface area contributed by atoms with Gasteiger partial charge in [0.05, 0.1) is 12.4 Å². The minimum absolute atomic E-state index is 0.268. The van der Waals surface area contributed by atoms with Gasteiger partial charge in [0.2, 0.25) is 0 Å². The molecule has 0 saturated carbocycles. The van der Waals surface area contributed by atoms with E-state index in [4.69, 9.17) is 5.26 Å². The lowest BCUT2D eigenvalue weighted by Crippen LogP contribution is -2.17. The maximum atomic E-state index is 13.4. The van der Waals surface area contributed by atoms with Crippen molar-refractivity contribution in [2.24, 2.45) is 0 Å². The molecule has 2 aromatic rings. The van der Waals surface area contributed by atoms with Gasteiger partial charge in [-0.05, 0) is 12.1 Å². The molecule has 0 fully saturated rings. The molecule has 1 aromatic heterocycles. The van der Waals surface area contributed by atoms with Crippen LogP contribution in [0.15, 0.2) is 35.5 Å². The van der Waals surface area contributed by atoms with E-state index in [9.17, 15) is 12.8 Å². The lowest BCUT2D eigenvalue weighted by atomic mass is 10.2. The van der Waals surface area contributed by atoms with Gasteiger partial charge in [-0.15, -0.1) is 5.10 Å². The summed E-state index contributed by atoms with van der Waals surface area (Å²) in [5.41, 5.74) is -0.570. The van der Waals surface area contributed by atoms with Crippen molar-refractivity contribution < 1.29 is 12.8 Å². The first-order valence-corrected chi connectivity index (χ1v) is 6.38. The van der Waals surface area contributed by atoms with Gasteiger partial charge in [0.1, 0.15) is 22.3 Å². The van der Waals surface area contributed by atoms with Crippen LogP contribution < -0.4 is 4.72 Å². The van der Waals surface area contributed by atoms with Crippen LogP contribution in [0.3, 0.4) is 0 Å². The maximum absolute atomic E-state index is 13.4. The van der Waals surface area contributed by atoms with Crippen LogP contribution in [0, 0.1) is 17.1 Å². The zero-order chi connectivity index (χ0) is 13.9. The van der Waals surface area contributed by atoms with Crippen LogP contribution in [-0.4, -0.2) is 23.6 Å². The Kier molecular flexibility index (Phi) is 3.35. The second-order valence-electron chi connectivity index (χ2n) is 3.30. The molecule has 9 heteroatoms. The van der Waals surface area contributed by atoms with E-state index in [1.54, 1.807) is 0 Å². The van der Waals surface area contributed by atoms with Gasteiger partial charge >= 0.3 is 0 Å². The molecule has 2 rings (SSSR count). The zero-order valence-corrected chi connectivity index (χ0v) is 10.1. The summed E-state index contributed by atoms with van der Waals surface area (Å²) in [6.07, 6.45) is 2.50. The highest BCUT2D eigenvalue weighted by molar-refractivity contribution is 7.92. The van der Waals surface area contributed by atoms with E-state index in [1.807, 2.05) is 4.72 Å². The number of halogens is 1. The number of benzene rings is 1. The first-order valence-electron chi connectivity index (χ1n) is 4.90. The lowest BCUT2D eigenvalue weighted by molar-refractivity contribution is 0.593. The van der Waals surface area contributed by atoms with Gasteiger partial charge in [0, 0.05) is 0 Å². The Bertz CT molecular complexity index is 742. The average Bonchev–Trinajstić information content (AvgIpc) is 2.39. The number of sulfonamides is 1. The van der Waals surface area contributed by atoms with Gasteiger partial charge in [0.25, 0.3) is 16.0 Å². The standard InChI is InChI=1S/C10H6FN5O2S/c11-8-2-1-3-9(7(8)6-12)19(17,18)16-10-13-4-5-14-15-10/h1-5H,(H,13,15,16). The van der Waals surface area contributed by atoms with Crippen LogP contribution in [0.5, 0.6) is 0 Å². The van der Waals surface area contributed by atoms with Crippen molar-refractivity contribution in [1.29, 1.82) is 5.26 Å². The molecule has 0 unspecified atom stereocenters. The molecule has 1 N–H and O–H groups in total. The number of rotatable bonds is 3. The molecule has 0 saturated heterocycles. The number of aromatic nitrogens is 3. The lowest BCUT2D eigenvalue weighted by Gasteiger charge is -2.07. The summed E-state index contributed by atoms with van der Waals surface area (Å²) in [5.74, 6) is -1.19. The van der Waals surface area contributed by atoms with E-state index in [-0.39, 0.29) is 5.95 Å². The molecule has 0 amide bonds. The van der Waals surface area contributed by atoms with Gasteiger partial charge in [0.15, 0.2) is 0 Å². The maximum Gasteiger partial charge on any atom is 0.265 e. The van der Waals surface area contributed by atoms with Gasteiger partial charge in [-0.1, -0.05) is 6.07 Å². The van der Waals surface area contributed by atoms with E-state index >= 15 is 0 Å². The highest BCUT2D eigenvalue weighted by Crippen LogP contribution is 2.19. The fourth-order valence-corrected chi connectivity index (χ4v) is 2.42. The molecule has 0 aliphatic rings. The minimum Gasteiger partial charge on any atom is -0.246 e. The largest absolute Gasteiger partial charge is 0.265 e. The minimum atomic E-state index is -4.16. The topological polar surface area (TPSA) is 109 Å². The number of nitriles is 1. The van der Waals surface area contributed by atoms with E-state index in [0.29, 0.717) is 0 Å². The first-order chi connectivity index (χ1) is 9.04. The molecule has 1 heterocycles. The predicted molar refractivity (Wildman–Crippen MR) is 61.8 cm³/mol. The molecule has 0 bridgehead atoms. The molecule has 0 spiro atoms. The van der Waals surface area contributed by atoms with Crippen LogP contribution in [0.1, 0.15) is 5.56 Å². The highest BCUT2D eigenvalue weighted by atomic mass is 32.2. The summed E-state index contributed by atoms with van der Waals surface area (Å²) in [6, 6.07) is 4.80. The molecular weight excluding hydrogens is 273 g/mol. The number of anilines is 1. The third-order valence-electron chi connectivity index (χ3n) is 2.08. The number of hydrogen-bond acceptors (Lipinski definition) is 6. The molecule has 0 aliphatic carbocycles. The van der Waals surface area contributed by atoms with Crippen molar-refractivity contribution >= 4 is 16.0 Å². The normalized spacial score (nSPS) is 10.7. The highest BCUT2D eigenvalue weighted by Gasteiger charge is 2.22. The second-order valence-corrected chi connectivity index (χ2v) is 4.95. The van der Waals surface area contributed by atoms with Crippen molar-refractivity contribution in [3.05, 3.63) is 42.0 Å². The monoisotopic (exact) mass is 279 g/mol. The zero-order valence-electron chi connectivity index (χ0n) is 9.28. The fraction of sp³-hybridized carbons (Fsp3) is 0. The summed E-state index contributed by atoms with van der Waals surface area (Å²) in [5, 5.41) is 15.7. The van der Waals surface area contributed by atoms with Crippen LogP contribution in [0.4, 0.5) is 10.3 Å². The van der Waals surface area contributed by atoms with Crippen molar-refractivity contribution in [2.45, 2.75) is 4.90 Å². The Morgan fingerprint density at radius 1 is 1.32 bits per heavy atom. The van der Waals surface area contributed by atoms with Crippen molar-refractivity contribution in [3.63, 3.8) is 0 Å². The molecule has 0 atom stereocenters. The number of hydrogen-bond donors (Lipinski definition) is 1. The summed E-state index contributed by atoms with van der Waals surface area (Å²) in [7, 11) is -4.16. The summed E-state index contributed by atoms with van der Waals surface area (Å²) >= 11 is 0. The van der Waals surface area contributed by atoms with Crippen molar-refractivity contribution in [1.82, 2.24) is 15.2 Å². The molecule has 7 nitrogen and oxygen atoms in total. The van der Waals surface area contributed by atoms with Gasteiger partial charge < -0.3 is 0 Å². The quantitative estimate of drug-likeness (QED) is 0.885. The third-order valence-corrected chi connectivity index (χ3v) is 3.46. The molecule has 0 radical (unpaired) electrons.